The summed E-state index contributed by atoms with van der Waals surface area (Å²) in [6, 6.07) is 5.76. The molecular weight excluding hydrogens is 392 g/mol. The molecule has 0 spiro atoms. The second-order valence-corrected chi connectivity index (χ2v) is 7.96. The largest absolute Gasteiger partial charge is 0.508 e. The molecular formula is C22H30O8. The molecule has 8 nitrogen and oxygen atoms in total. The Labute approximate surface area is 176 Å². The van der Waals surface area contributed by atoms with E-state index in [0.29, 0.717) is 30.6 Å². The van der Waals surface area contributed by atoms with E-state index in [1.54, 1.807) is 0 Å². The Morgan fingerprint density at radius 2 is 1.93 bits per heavy atom. The lowest BCUT2D eigenvalue weighted by atomic mass is 9.73. The molecule has 0 amide bonds. The molecule has 1 aromatic carbocycles. The molecule has 0 heterocycles. The van der Waals surface area contributed by atoms with Crippen molar-refractivity contribution in [2.45, 2.75) is 38.2 Å². The SMILES string of the molecule is COCCOC(=O)OCCC[C@@H]1[C@H]2Cc3cccc(OCC(=O)O)c3C[C@H]2C[C@H]1O. The van der Waals surface area contributed by atoms with Crippen molar-refractivity contribution in [3.63, 3.8) is 0 Å². The van der Waals surface area contributed by atoms with Gasteiger partial charge in [-0.05, 0) is 67.1 Å². The summed E-state index contributed by atoms with van der Waals surface area (Å²) in [4.78, 5) is 22.3. The van der Waals surface area contributed by atoms with Crippen LogP contribution in [0, 0.1) is 17.8 Å². The van der Waals surface area contributed by atoms with Gasteiger partial charge in [0.05, 0.1) is 19.3 Å². The highest BCUT2D eigenvalue weighted by atomic mass is 16.7. The van der Waals surface area contributed by atoms with Crippen LogP contribution in [0.15, 0.2) is 18.2 Å². The van der Waals surface area contributed by atoms with E-state index in [2.05, 4.69) is 6.07 Å². The van der Waals surface area contributed by atoms with Crippen molar-refractivity contribution in [3.8, 4) is 5.75 Å². The lowest BCUT2D eigenvalue weighted by Crippen LogP contribution is -2.27. The summed E-state index contributed by atoms with van der Waals surface area (Å²) in [6.45, 7) is 0.398. The van der Waals surface area contributed by atoms with Crippen LogP contribution in [-0.2, 0) is 31.8 Å². The van der Waals surface area contributed by atoms with E-state index in [0.717, 1.165) is 36.8 Å². The number of aliphatic hydroxyl groups is 1. The quantitative estimate of drug-likeness (QED) is 0.437. The van der Waals surface area contributed by atoms with Gasteiger partial charge in [-0.3, -0.25) is 0 Å². The van der Waals surface area contributed by atoms with Gasteiger partial charge in [-0.25, -0.2) is 9.59 Å². The number of aliphatic hydroxyl groups excluding tert-OH is 1. The van der Waals surface area contributed by atoms with Crippen LogP contribution >= 0.6 is 0 Å². The number of carboxylic acids is 1. The number of hydrogen-bond donors (Lipinski definition) is 2. The summed E-state index contributed by atoms with van der Waals surface area (Å²) >= 11 is 0. The first-order valence-corrected chi connectivity index (χ1v) is 10.4. The molecule has 1 fully saturated rings. The van der Waals surface area contributed by atoms with Crippen LogP contribution in [0.2, 0.25) is 0 Å². The van der Waals surface area contributed by atoms with Crippen molar-refractivity contribution in [1.29, 1.82) is 0 Å². The number of ether oxygens (including phenoxy) is 4. The van der Waals surface area contributed by atoms with Gasteiger partial charge >= 0.3 is 12.1 Å². The zero-order valence-electron chi connectivity index (χ0n) is 17.2. The number of carbonyl (C=O) groups excluding carboxylic acids is 1. The number of hydrogen-bond acceptors (Lipinski definition) is 7. The second-order valence-electron chi connectivity index (χ2n) is 7.96. The Bertz CT molecular complexity index is 734. The summed E-state index contributed by atoms with van der Waals surface area (Å²) in [6.07, 6.45) is 2.71. The van der Waals surface area contributed by atoms with E-state index in [-0.39, 0.29) is 31.8 Å². The van der Waals surface area contributed by atoms with E-state index in [1.165, 1.54) is 7.11 Å². The summed E-state index contributed by atoms with van der Waals surface area (Å²) < 4.78 is 20.2. The van der Waals surface area contributed by atoms with Crippen LogP contribution in [0.1, 0.15) is 30.4 Å². The predicted octanol–water partition coefficient (Wildman–Crippen LogP) is 2.44. The second kappa shape index (κ2) is 10.6. The zero-order chi connectivity index (χ0) is 21.5. The fourth-order valence-corrected chi connectivity index (χ4v) is 4.80. The summed E-state index contributed by atoms with van der Waals surface area (Å²) in [5.74, 6) is 0.483. The maximum Gasteiger partial charge on any atom is 0.508 e. The van der Waals surface area contributed by atoms with Gasteiger partial charge in [0.1, 0.15) is 12.4 Å². The number of benzene rings is 1. The zero-order valence-corrected chi connectivity index (χ0v) is 17.2. The van der Waals surface area contributed by atoms with Gasteiger partial charge in [-0.2, -0.15) is 0 Å². The lowest BCUT2D eigenvalue weighted by molar-refractivity contribution is -0.139. The van der Waals surface area contributed by atoms with E-state index >= 15 is 0 Å². The summed E-state index contributed by atoms with van der Waals surface area (Å²) in [7, 11) is 1.53. The molecule has 0 bridgehead atoms. The molecule has 1 aromatic rings. The van der Waals surface area contributed by atoms with Gasteiger partial charge in [0, 0.05) is 7.11 Å². The molecule has 0 aromatic heterocycles. The number of methoxy groups -OCH3 is 1. The van der Waals surface area contributed by atoms with Crippen LogP contribution in [0.4, 0.5) is 4.79 Å². The molecule has 1 saturated carbocycles. The molecule has 4 atom stereocenters. The van der Waals surface area contributed by atoms with Crippen molar-refractivity contribution in [3.05, 3.63) is 29.3 Å². The molecule has 2 aliphatic rings. The fraction of sp³-hybridized carbons (Fsp3) is 0.636. The highest BCUT2D eigenvalue weighted by Gasteiger charge is 2.44. The monoisotopic (exact) mass is 422 g/mol. The minimum absolute atomic E-state index is 0.153. The average molecular weight is 422 g/mol. The van der Waals surface area contributed by atoms with Crippen molar-refractivity contribution in [1.82, 2.24) is 0 Å². The standard InChI is InChI=1S/C22H30O8/c1-27-8-9-29-22(26)28-7-3-5-16-17-10-14-4-2-6-20(30-13-21(24)25)18(14)11-15(17)12-19(16)23/h2,4,6,15-17,19,23H,3,5,7-13H2,1H3,(H,24,25)/t15-,16+,17-,19+/m0/s1. The number of aliphatic carboxylic acids is 1. The third-order valence-corrected chi connectivity index (χ3v) is 6.11. The molecule has 166 valence electrons. The minimum atomic E-state index is -0.998. The van der Waals surface area contributed by atoms with Gasteiger partial charge in [0.2, 0.25) is 0 Å². The highest BCUT2D eigenvalue weighted by Crippen LogP contribution is 2.48. The Hall–Kier alpha value is -2.32. The van der Waals surface area contributed by atoms with Crippen molar-refractivity contribution in [2.24, 2.45) is 17.8 Å². The minimum Gasteiger partial charge on any atom is -0.482 e. The molecule has 2 N–H and O–H groups in total. The first-order chi connectivity index (χ1) is 14.5. The van der Waals surface area contributed by atoms with E-state index in [1.807, 2.05) is 12.1 Å². The normalized spacial score (nSPS) is 24.6. The van der Waals surface area contributed by atoms with E-state index in [4.69, 9.17) is 24.1 Å². The highest BCUT2D eigenvalue weighted by molar-refractivity contribution is 5.68. The first-order valence-electron chi connectivity index (χ1n) is 10.4. The first kappa shape index (κ1) is 22.4. The van der Waals surface area contributed by atoms with Crippen LogP contribution in [0.3, 0.4) is 0 Å². The molecule has 0 saturated heterocycles. The Morgan fingerprint density at radius 1 is 1.13 bits per heavy atom. The summed E-state index contributed by atoms with van der Waals surface area (Å²) in [5, 5.41) is 19.5. The Kier molecular flexibility index (Phi) is 7.93. The van der Waals surface area contributed by atoms with Crippen LogP contribution < -0.4 is 4.74 Å². The smallest absolute Gasteiger partial charge is 0.482 e. The third kappa shape index (κ3) is 5.64. The number of fused-ring (bicyclic) bond motifs is 2. The lowest BCUT2D eigenvalue weighted by Gasteiger charge is -2.32. The molecule has 0 radical (unpaired) electrons. The van der Waals surface area contributed by atoms with Crippen molar-refractivity contribution < 1.29 is 38.7 Å². The molecule has 0 unspecified atom stereocenters. The van der Waals surface area contributed by atoms with Crippen molar-refractivity contribution in [2.75, 3.05) is 33.5 Å². The fourth-order valence-electron chi connectivity index (χ4n) is 4.80. The summed E-state index contributed by atoms with van der Waals surface area (Å²) in [5.41, 5.74) is 2.23. The van der Waals surface area contributed by atoms with Gasteiger partial charge in [0.15, 0.2) is 6.61 Å². The van der Waals surface area contributed by atoms with Crippen LogP contribution in [0.25, 0.3) is 0 Å². The third-order valence-electron chi connectivity index (χ3n) is 6.11. The Balaban J connectivity index is 1.53. The number of carbonyl (C=O) groups is 2. The van der Waals surface area contributed by atoms with Crippen LogP contribution in [-0.4, -0.2) is 62.0 Å². The maximum atomic E-state index is 11.5. The molecule has 2 aliphatic carbocycles. The van der Waals surface area contributed by atoms with Gasteiger partial charge in [-0.15, -0.1) is 0 Å². The van der Waals surface area contributed by atoms with Crippen molar-refractivity contribution >= 4 is 12.1 Å². The maximum absolute atomic E-state index is 11.5. The molecule has 0 aliphatic heterocycles. The van der Waals surface area contributed by atoms with Gasteiger partial charge in [-0.1, -0.05) is 12.1 Å². The van der Waals surface area contributed by atoms with E-state index < -0.39 is 12.1 Å². The van der Waals surface area contributed by atoms with E-state index in [9.17, 15) is 14.7 Å². The average Bonchev–Trinajstić information content (AvgIpc) is 3.02. The number of carboxylic acid groups (broad SMARTS) is 1. The topological polar surface area (TPSA) is 112 Å². The molecule has 8 heteroatoms. The van der Waals surface area contributed by atoms with Crippen LogP contribution in [0.5, 0.6) is 5.75 Å². The molecule has 3 rings (SSSR count). The predicted molar refractivity (Wildman–Crippen MR) is 106 cm³/mol. The van der Waals surface area contributed by atoms with Gasteiger partial charge in [0.25, 0.3) is 0 Å². The molecule has 30 heavy (non-hydrogen) atoms. The Morgan fingerprint density at radius 3 is 2.70 bits per heavy atom. The number of rotatable bonds is 10. The van der Waals surface area contributed by atoms with Gasteiger partial charge < -0.3 is 29.2 Å².